The van der Waals surface area contributed by atoms with Crippen molar-refractivity contribution in [3.8, 4) is 23.0 Å². The Hall–Kier alpha value is -7.82. The van der Waals surface area contributed by atoms with Gasteiger partial charge in [-0.2, -0.15) is 0 Å². The van der Waals surface area contributed by atoms with Gasteiger partial charge in [0.15, 0.2) is 5.43 Å². The number of anilines is 1. The number of nitrogens with zero attached hydrogens (tertiary/aromatic N) is 2. The molecule has 4 aromatic carbocycles. The first-order valence-corrected chi connectivity index (χ1v) is 19.3. The summed E-state index contributed by atoms with van der Waals surface area (Å²) in [6, 6.07) is 33.3. The summed E-state index contributed by atoms with van der Waals surface area (Å²) in [6.45, 7) is 1.49. The minimum Gasteiger partial charge on any atom is -0.491 e. The van der Waals surface area contributed by atoms with Crippen LogP contribution in [0.1, 0.15) is 11.9 Å². The number of benzene rings is 4. The minimum atomic E-state index is -0.717. The van der Waals surface area contributed by atoms with Crippen LogP contribution in [0.4, 0.5) is 5.69 Å². The molecule has 0 bridgehead atoms. The first kappa shape index (κ1) is 46.2. The number of fused-ring (bicyclic) bond motifs is 4. The van der Waals surface area contributed by atoms with Crippen molar-refractivity contribution >= 4 is 56.3 Å². The third-order valence-electron chi connectivity index (χ3n) is 8.69. The second-order valence-electron chi connectivity index (χ2n) is 12.9. The van der Waals surface area contributed by atoms with Gasteiger partial charge in [-0.1, -0.05) is 48.5 Å². The molecule has 16 nitrogen and oxygen atoms in total. The summed E-state index contributed by atoms with van der Waals surface area (Å²) in [5.41, 5.74) is 1.74. The molecule has 7 rings (SSSR count). The van der Waals surface area contributed by atoms with Crippen molar-refractivity contribution in [2.45, 2.75) is 0 Å². The number of H-pyrrole nitrogens is 1. The number of carbonyl (C=O) groups is 3. The number of methoxy groups -OCH3 is 5. The number of aromatic amines is 1. The van der Waals surface area contributed by atoms with Crippen molar-refractivity contribution in [3.63, 3.8) is 0 Å². The van der Waals surface area contributed by atoms with E-state index in [0.717, 1.165) is 28.3 Å². The summed E-state index contributed by atoms with van der Waals surface area (Å²) in [5.74, 6) is 0.687. The Kier molecular flexibility index (Phi) is 17.5. The zero-order valence-corrected chi connectivity index (χ0v) is 35.2. The summed E-state index contributed by atoms with van der Waals surface area (Å²) in [6.07, 6.45) is 4.26. The minimum absolute atomic E-state index is 0. The number of nitrogens with one attached hydrogen (secondary N) is 2. The van der Waals surface area contributed by atoms with Crippen LogP contribution in [-0.2, 0) is 33.3 Å². The highest BCUT2D eigenvalue weighted by molar-refractivity contribution is 6.07. The number of hydrogen-bond acceptors (Lipinski definition) is 15. The van der Waals surface area contributed by atoms with Crippen molar-refractivity contribution in [1.29, 1.82) is 0 Å². The van der Waals surface area contributed by atoms with Crippen LogP contribution in [0.2, 0.25) is 0 Å². The van der Waals surface area contributed by atoms with Gasteiger partial charge in [-0.25, -0.2) is 14.4 Å². The monoisotopic (exact) mass is 861 g/mol. The van der Waals surface area contributed by atoms with E-state index in [1.54, 1.807) is 50.9 Å². The van der Waals surface area contributed by atoms with E-state index in [2.05, 4.69) is 29.7 Å². The fourth-order valence-electron chi connectivity index (χ4n) is 5.78. The Morgan fingerprint density at radius 3 is 1.84 bits per heavy atom. The van der Waals surface area contributed by atoms with Crippen molar-refractivity contribution in [2.24, 2.45) is 0 Å². The van der Waals surface area contributed by atoms with Crippen LogP contribution < -0.4 is 25.0 Å². The van der Waals surface area contributed by atoms with Gasteiger partial charge >= 0.3 is 17.9 Å². The second-order valence-corrected chi connectivity index (χ2v) is 12.9. The fraction of sp³-hybridized carbons (Fsp3) is 0.191. The summed E-state index contributed by atoms with van der Waals surface area (Å²) in [4.78, 5) is 59.4. The van der Waals surface area contributed by atoms with E-state index in [0.29, 0.717) is 65.6 Å². The highest BCUT2D eigenvalue weighted by Crippen LogP contribution is 2.31. The van der Waals surface area contributed by atoms with Crippen LogP contribution in [0.5, 0.6) is 23.0 Å². The lowest BCUT2D eigenvalue weighted by atomic mass is 10.1. The molecule has 2 N–H and O–H groups in total. The Labute approximate surface area is 363 Å². The molecule has 3 aromatic heterocycles. The highest BCUT2D eigenvalue weighted by Gasteiger charge is 2.18. The summed E-state index contributed by atoms with van der Waals surface area (Å²) in [5, 5.41) is 4.80. The van der Waals surface area contributed by atoms with Crippen LogP contribution in [0, 0.1) is 0 Å². The third-order valence-corrected chi connectivity index (χ3v) is 8.69. The van der Waals surface area contributed by atoms with Crippen LogP contribution >= 0.6 is 0 Å². The molecule has 7 aromatic rings. The summed E-state index contributed by atoms with van der Waals surface area (Å²) >= 11 is 0. The number of ether oxygens (including phenoxy) is 8. The van der Waals surface area contributed by atoms with Gasteiger partial charge in [0.25, 0.3) is 0 Å². The Morgan fingerprint density at radius 1 is 0.651 bits per heavy atom. The van der Waals surface area contributed by atoms with E-state index in [-0.39, 0.29) is 18.2 Å². The van der Waals surface area contributed by atoms with Crippen molar-refractivity contribution in [1.82, 2.24) is 15.0 Å². The standard InChI is InChI=1S/C18H20N2O6.C17H16N2O5.C12H10O.H2/c1-23-7-8-26-13-9-12-5-4-6-19-17(12)14(10-13)20-15(18(22)25-3)11-16(21)24-2;1-22-6-7-24-13-8-10-4-3-5-18-15(10)16-14(13)12(20)9-11(19-16)17(21)23-2;1-3-7-11(8-4-1)13-12-9-5-2-6-10-12;/h4-6,9-11,20H,7-8H2,1-3H3;3-5,8-9H,6-7H2,1-2H3,(H,19,20);1-10H;1H/b15-11-;;;/i;;;1+1. The number of pyridine rings is 3. The van der Waals surface area contributed by atoms with Crippen LogP contribution in [0.15, 0.2) is 138 Å². The maximum absolute atomic E-state index is 12.6. The van der Waals surface area contributed by atoms with Gasteiger partial charge in [-0.05, 0) is 48.5 Å². The number of rotatable bonds is 15. The predicted octanol–water partition coefficient (Wildman–Crippen LogP) is 7.51. The molecule has 0 spiro atoms. The molecule has 0 amide bonds. The lowest BCUT2D eigenvalue weighted by molar-refractivity contribution is -0.138. The van der Waals surface area contributed by atoms with Gasteiger partial charge in [0, 0.05) is 50.9 Å². The smallest absolute Gasteiger partial charge is 0.354 e. The van der Waals surface area contributed by atoms with Crippen LogP contribution in [0.25, 0.3) is 32.7 Å². The Bertz CT molecular complexity index is 2680. The number of carbonyl (C=O) groups excluding carboxylic acids is 3. The molecule has 0 saturated carbocycles. The van der Waals surface area contributed by atoms with Crippen molar-refractivity contribution in [2.75, 3.05) is 67.3 Å². The predicted molar refractivity (Wildman–Crippen MR) is 239 cm³/mol. The maximum atomic E-state index is 12.6. The molecule has 0 aliphatic rings. The van der Waals surface area contributed by atoms with E-state index in [1.165, 1.54) is 27.4 Å². The van der Waals surface area contributed by atoms with Crippen LogP contribution in [-0.4, -0.2) is 94.8 Å². The largest absolute Gasteiger partial charge is 0.491 e. The number of hydrogen-bond donors (Lipinski definition) is 2. The maximum Gasteiger partial charge on any atom is 0.354 e. The molecular weight excluding hydrogens is 813 g/mol. The number of para-hydroxylation sites is 2. The topological polar surface area (TPSA) is 196 Å². The van der Waals surface area contributed by atoms with Gasteiger partial charge in [0.05, 0.1) is 68.2 Å². The molecule has 3 heterocycles. The van der Waals surface area contributed by atoms with Gasteiger partial charge in [-0.3, -0.25) is 14.8 Å². The first-order chi connectivity index (χ1) is 30.7. The molecule has 0 saturated heterocycles. The molecule has 16 heteroatoms. The lowest BCUT2D eigenvalue weighted by Crippen LogP contribution is -2.16. The Morgan fingerprint density at radius 2 is 1.25 bits per heavy atom. The normalized spacial score (nSPS) is 10.7. The average molecular weight is 862 g/mol. The molecule has 328 valence electrons. The lowest BCUT2D eigenvalue weighted by Gasteiger charge is -2.14. The molecule has 0 unspecified atom stereocenters. The number of esters is 3. The molecule has 0 aliphatic carbocycles. The average Bonchev–Trinajstić information content (AvgIpc) is 3.31. The molecular formula is C47H48N4O12. The number of aromatic nitrogens is 3. The van der Waals surface area contributed by atoms with E-state index in [1.807, 2.05) is 78.9 Å². The summed E-state index contributed by atoms with van der Waals surface area (Å²) in [7, 11) is 6.85. The highest BCUT2D eigenvalue weighted by atomic mass is 16.5. The van der Waals surface area contributed by atoms with E-state index in [4.69, 9.17) is 28.4 Å². The Balaban J connectivity index is 0.000000219. The third kappa shape index (κ3) is 13.1. The molecule has 0 aliphatic heterocycles. The zero-order chi connectivity index (χ0) is 45.0. The molecule has 63 heavy (non-hydrogen) atoms. The summed E-state index contributed by atoms with van der Waals surface area (Å²) < 4.78 is 40.8. The quantitative estimate of drug-likeness (QED) is 0.0338. The van der Waals surface area contributed by atoms with Gasteiger partial charge in [0.1, 0.15) is 47.6 Å². The fourth-order valence-corrected chi connectivity index (χ4v) is 5.78. The van der Waals surface area contributed by atoms with Gasteiger partial charge in [0.2, 0.25) is 0 Å². The van der Waals surface area contributed by atoms with E-state index < -0.39 is 17.9 Å². The van der Waals surface area contributed by atoms with Crippen molar-refractivity contribution in [3.05, 3.63) is 149 Å². The van der Waals surface area contributed by atoms with E-state index >= 15 is 0 Å². The zero-order valence-electron chi connectivity index (χ0n) is 35.2. The second kappa shape index (κ2) is 23.8. The van der Waals surface area contributed by atoms with E-state index in [9.17, 15) is 19.2 Å². The van der Waals surface area contributed by atoms with Crippen LogP contribution in [0.3, 0.4) is 0 Å². The van der Waals surface area contributed by atoms with Gasteiger partial charge in [-0.15, -0.1) is 0 Å². The van der Waals surface area contributed by atoms with Crippen molar-refractivity contribution < 1.29 is 53.7 Å². The SMILES string of the molecule is COCCOc1cc(N/C(=C\C(=O)OC)C(=O)OC)c2ncccc2c1.COCCOc1cc2cccnc2c2[nH]c(C(=O)OC)cc(=O)c12.[2HH].c1ccc(Oc2ccccc2)cc1. The first-order valence-electron chi connectivity index (χ1n) is 19.3. The van der Waals surface area contributed by atoms with Gasteiger partial charge < -0.3 is 48.2 Å². The molecule has 0 radical (unpaired) electrons. The molecule has 0 atom stereocenters. The molecule has 0 fully saturated rings.